The summed E-state index contributed by atoms with van der Waals surface area (Å²) in [4.78, 5) is 13.3. The highest BCUT2D eigenvalue weighted by molar-refractivity contribution is 6.34. The maximum atomic E-state index is 11.7. The number of benzene rings is 1. The van der Waals surface area contributed by atoms with Crippen molar-refractivity contribution in [2.45, 2.75) is 12.5 Å². The Bertz CT molecular complexity index is 483. The predicted octanol–water partition coefficient (Wildman–Crippen LogP) is 2.60. The van der Waals surface area contributed by atoms with E-state index in [2.05, 4.69) is 0 Å². The van der Waals surface area contributed by atoms with E-state index in [1.165, 1.54) is 6.08 Å². The van der Waals surface area contributed by atoms with Gasteiger partial charge in [0.25, 0.3) is 0 Å². The minimum absolute atomic E-state index is 0.127. The molecule has 1 heterocycles. The zero-order valence-electron chi connectivity index (χ0n) is 9.86. The van der Waals surface area contributed by atoms with Crippen LogP contribution in [0.25, 0.3) is 6.08 Å². The van der Waals surface area contributed by atoms with Gasteiger partial charge >= 0.3 is 0 Å². The summed E-state index contributed by atoms with van der Waals surface area (Å²) >= 11 is 11.7. The van der Waals surface area contributed by atoms with Crippen LogP contribution in [0.2, 0.25) is 10.0 Å². The molecule has 0 saturated carbocycles. The second-order valence-electron chi connectivity index (χ2n) is 4.73. The van der Waals surface area contributed by atoms with E-state index in [0.29, 0.717) is 23.1 Å². The molecule has 18 heavy (non-hydrogen) atoms. The first-order chi connectivity index (χ1) is 8.35. The van der Waals surface area contributed by atoms with Crippen LogP contribution >= 0.6 is 23.2 Å². The van der Waals surface area contributed by atoms with Crippen LogP contribution in [0.1, 0.15) is 12.5 Å². The smallest absolute Gasteiger partial charge is 0.246 e. The molecular formula is C13H13Cl2NO2. The van der Waals surface area contributed by atoms with E-state index in [4.69, 9.17) is 23.2 Å². The highest BCUT2D eigenvalue weighted by atomic mass is 35.5. The molecule has 1 aliphatic rings. The summed E-state index contributed by atoms with van der Waals surface area (Å²) in [6.07, 6.45) is 3.12. The topological polar surface area (TPSA) is 40.5 Å². The zero-order chi connectivity index (χ0) is 13.3. The molecule has 0 bridgehead atoms. The Kier molecular flexibility index (Phi) is 3.66. The Balaban J connectivity index is 2.01. The van der Waals surface area contributed by atoms with E-state index in [-0.39, 0.29) is 5.91 Å². The molecule has 1 aromatic carbocycles. The number of amides is 1. The van der Waals surface area contributed by atoms with Crippen LogP contribution in [0.4, 0.5) is 0 Å². The normalized spacial score (nSPS) is 17.9. The third-order valence-electron chi connectivity index (χ3n) is 2.68. The van der Waals surface area contributed by atoms with Gasteiger partial charge in [0.1, 0.15) is 0 Å². The molecule has 0 unspecified atom stereocenters. The third kappa shape index (κ3) is 3.25. The lowest BCUT2D eigenvalue weighted by atomic mass is 9.97. The summed E-state index contributed by atoms with van der Waals surface area (Å²) in [6.45, 7) is 2.44. The Morgan fingerprint density at radius 2 is 1.89 bits per heavy atom. The Morgan fingerprint density at radius 1 is 1.33 bits per heavy atom. The average molecular weight is 286 g/mol. The molecule has 1 aromatic rings. The first-order valence-corrected chi connectivity index (χ1v) is 6.27. The van der Waals surface area contributed by atoms with Crippen LogP contribution in [0.5, 0.6) is 0 Å². The van der Waals surface area contributed by atoms with Crippen molar-refractivity contribution in [1.82, 2.24) is 4.90 Å². The number of likely N-dealkylation sites (tertiary alicyclic amines) is 1. The Labute approximate surface area is 116 Å². The van der Waals surface area contributed by atoms with Crippen molar-refractivity contribution in [2.75, 3.05) is 13.1 Å². The summed E-state index contributed by atoms with van der Waals surface area (Å²) < 4.78 is 0. The van der Waals surface area contributed by atoms with Crippen LogP contribution in [0, 0.1) is 0 Å². The monoisotopic (exact) mass is 285 g/mol. The molecule has 1 fully saturated rings. The fraction of sp³-hybridized carbons (Fsp3) is 0.308. The third-order valence-corrected chi connectivity index (χ3v) is 3.11. The quantitative estimate of drug-likeness (QED) is 0.849. The van der Waals surface area contributed by atoms with Gasteiger partial charge in [0.2, 0.25) is 5.91 Å². The summed E-state index contributed by atoms with van der Waals surface area (Å²) in [7, 11) is 0. The number of rotatable bonds is 2. The second-order valence-corrected chi connectivity index (χ2v) is 5.60. The van der Waals surface area contributed by atoms with Crippen molar-refractivity contribution in [2.24, 2.45) is 0 Å². The maximum Gasteiger partial charge on any atom is 0.246 e. The molecule has 3 nitrogen and oxygen atoms in total. The van der Waals surface area contributed by atoms with Crippen molar-refractivity contribution in [3.05, 3.63) is 39.9 Å². The van der Waals surface area contributed by atoms with Gasteiger partial charge in [-0.25, -0.2) is 0 Å². The van der Waals surface area contributed by atoms with Gasteiger partial charge in [-0.2, -0.15) is 0 Å². The van der Waals surface area contributed by atoms with Gasteiger partial charge < -0.3 is 10.0 Å². The average Bonchev–Trinajstić information content (AvgIpc) is 2.21. The molecule has 5 heteroatoms. The van der Waals surface area contributed by atoms with Crippen LogP contribution in [-0.2, 0) is 4.79 Å². The number of nitrogens with zero attached hydrogens (tertiary/aromatic N) is 1. The van der Waals surface area contributed by atoms with Gasteiger partial charge in [0, 0.05) is 16.1 Å². The zero-order valence-corrected chi connectivity index (χ0v) is 11.4. The van der Waals surface area contributed by atoms with Gasteiger partial charge in [-0.15, -0.1) is 0 Å². The van der Waals surface area contributed by atoms with Gasteiger partial charge in [0.15, 0.2) is 0 Å². The highest BCUT2D eigenvalue weighted by Gasteiger charge is 2.38. The lowest BCUT2D eigenvalue weighted by molar-refractivity contribution is -0.146. The lowest BCUT2D eigenvalue weighted by Gasteiger charge is -2.43. The molecule has 2 rings (SSSR count). The molecule has 0 atom stereocenters. The first kappa shape index (κ1) is 13.4. The molecule has 96 valence electrons. The molecule has 1 saturated heterocycles. The minimum Gasteiger partial charge on any atom is -0.386 e. The summed E-state index contributed by atoms with van der Waals surface area (Å²) in [5, 5.41) is 10.6. The van der Waals surface area contributed by atoms with Gasteiger partial charge in [0.05, 0.1) is 18.7 Å². The van der Waals surface area contributed by atoms with Crippen LogP contribution in [0.3, 0.4) is 0 Å². The van der Waals surface area contributed by atoms with E-state index in [1.807, 2.05) is 0 Å². The van der Waals surface area contributed by atoms with Crippen LogP contribution in [0.15, 0.2) is 24.3 Å². The molecule has 1 aliphatic heterocycles. The van der Waals surface area contributed by atoms with Gasteiger partial charge in [-0.3, -0.25) is 4.79 Å². The van der Waals surface area contributed by atoms with Crippen molar-refractivity contribution in [3.63, 3.8) is 0 Å². The fourth-order valence-electron chi connectivity index (χ4n) is 1.88. The van der Waals surface area contributed by atoms with Gasteiger partial charge in [-0.05, 0) is 36.8 Å². The van der Waals surface area contributed by atoms with Crippen LogP contribution in [-0.4, -0.2) is 34.6 Å². The SMILES string of the molecule is CC1(O)CN(C(=O)C=Cc2cc(Cl)cc(Cl)c2)C1. The van der Waals surface area contributed by atoms with Gasteiger partial charge in [-0.1, -0.05) is 23.2 Å². The number of hydrogen-bond donors (Lipinski definition) is 1. The minimum atomic E-state index is -0.747. The summed E-state index contributed by atoms with van der Waals surface area (Å²) in [6, 6.07) is 5.09. The predicted molar refractivity (Wildman–Crippen MR) is 72.7 cm³/mol. The molecule has 0 aliphatic carbocycles. The maximum absolute atomic E-state index is 11.7. The van der Waals surface area contributed by atoms with E-state index in [0.717, 1.165) is 5.56 Å². The van der Waals surface area contributed by atoms with E-state index in [1.54, 1.807) is 36.1 Å². The molecular weight excluding hydrogens is 273 g/mol. The fourth-order valence-corrected chi connectivity index (χ4v) is 2.42. The number of β-amino-alcohol motifs (C(OH)–C–C–N with tert-alkyl or cyclic N) is 1. The second kappa shape index (κ2) is 4.92. The van der Waals surface area contributed by atoms with E-state index < -0.39 is 5.60 Å². The Hall–Kier alpha value is -1.03. The Morgan fingerprint density at radius 3 is 2.39 bits per heavy atom. The van der Waals surface area contributed by atoms with Crippen molar-refractivity contribution in [3.8, 4) is 0 Å². The number of aliphatic hydroxyl groups is 1. The van der Waals surface area contributed by atoms with Crippen molar-refractivity contribution >= 4 is 35.2 Å². The van der Waals surface area contributed by atoms with Crippen LogP contribution < -0.4 is 0 Å². The van der Waals surface area contributed by atoms with Crippen molar-refractivity contribution < 1.29 is 9.90 Å². The molecule has 0 radical (unpaired) electrons. The number of carbonyl (C=O) groups is 1. The molecule has 1 amide bonds. The summed E-state index contributed by atoms with van der Waals surface area (Å²) in [5.74, 6) is -0.127. The number of halogens is 2. The molecule has 1 N–H and O–H groups in total. The van der Waals surface area contributed by atoms with E-state index >= 15 is 0 Å². The number of carbonyl (C=O) groups excluding carboxylic acids is 1. The highest BCUT2D eigenvalue weighted by Crippen LogP contribution is 2.22. The standard InChI is InChI=1S/C13H13Cl2NO2/c1-13(18)7-16(8-13)12(17)3-2-9-4-10(14)6-11(15)5-9/h2-6,18H,7-8H2,1H3. The molecule has 0 aromatic heterocycles. The summed E-state index contributed by atoms with van der Waals surface area (Å²) in [5.41, 5.74) is 0.0243. The van der Waals surface area contributed by atoms with Crippen molar-refractivity contribution in [1.29, 1.82) is 0 Å². The van der Waals surface area contributed by atoms with E-state index in [9.17, 15) is 9.90 Å². The lowest BCUT2D eigenvalue weighted by Crippen LogP contribution is -2.61. The molecule has 0 spiro atoms. The number of hydrogen-bond acceptors (Lipinski definition) is 2. The largest absolute Gasteiger partial charge is 0.386 e. The first-order valence-electron chi connectivity index (χ1n) is 5.51.